The van der Waals surface area contributed by atoms with Crippen molar-refractivity contribution < 1.29 is 12.8 Å². The van der Waals surface area contributed by atoms with Crippen LogP contribution >= 0.6 is 12.2 Å². The second-order valence-electron chi connectivity index (χ2n) is 4.25. The molecule has 1 N–H and O–H groups in total. The van der Waals surface area contributed by atoms with Crippen LogP contribution < -0.4 is 0 Å². The smallest absolute Gasteiger partial charge is 0.180 e. The zero-order valence-electron chi connectivity index (χ0n) is 11.1. The first-order valence-electron chi connectivity index (χ1n) is 6.05. The zero-order valence-corrected chi connectivity index (χ0v) is 12.7. The molecule has 0 saturated heterocycles. The highest BCUT2D eigenvalue weighted by Gasteiger charge is 2.22. The van der Waals surface area contributed by atoms with Crippen LogP contribution in [0.2, 0.25) is 0 Å². The summed E-state index contributed by atoms with van der Waals surface area (Å²) < 4.78 is 37.6. The summed E-state index contributed by atoms with van der Waals surface area (Å²) in [4.78, 5) is 2.61. The summed E-state index contributed by atoms with van der Waals surface area (Å²) in [5.41, 5.74) is 0.703. The Morgan fingerprint density at radius 1 is 1.33 bits per heavy atom. The Bertz CT molecular complexity index is 879. The fourth-order valence-corrected chi connectivity index (χ4v) is 3.21. The van der Waals surface area contributed by atoms with E-state index in [0.717, 1.165) is 0 Å². The predicted octanol–water partition coefficient (Wildman–Crippen LogP) is 3.22. The molecule has 2 aromatic rings. The molecular formula is C14H11FN2O2S2. The van der Waals surface area contributed by atoms with Crippen molar-refractivity contribution in [3.05, 3.63) is 46.5 Å². The minimum Gasteiger partial charge on any atom is -0.350 e. The summed E-state index contributed by atoms with van der Waals surface area (Å²) in [5, 5.41) is 9.27. The van der Waals surface area contributed by atoms with Gasteiger partial charge in [0.15, 0.2) is 9.84 Å². The molecule has 0 fully saturated rings. The first kappa shape index (κ1) is 15.4. The van der Waals surface area contributed by atoms with Gasteiger partial charge in [-0.25, -0.2) is 12.8 Å². The van der Waals surface area contributed by atoms with Crippen LogP contribution in [0.5, 0.6) is 0 Å². The van der Waals surface area contributed by atoms with Crippen molar-refractivity contribution in [2.45, 2.75) is 11.8 Å². The van der Waals surface area contributed by atoms with Gasteiger partial charge in [-0.15, -0.1) is 0 Å². The lowest BCUT2D eigenvalue weighted by atomic mass is 10.0. The average molecular weight is 322 g/mol. The molecule has 0 aliphatic heterocycles. The summed E-state index contributed by atoms with van der Waals surface area (Å²) in [5.74, 6) is -0.560. The number of aromatic amines is 1. The number of nitrogens with one attached hydrogen (secondary N) is 1. The van der Waals surface area contributed by atoms with Gasteiger partial charge in [0.25, 0.3) is 0 Å². The van der Waals surface area contributed by atoms with Crippen molar-refractivity contribution in [1.82, 2.24) is 4.98 Å². The predicted molar refractivity (Wildman–Crippen MR) is 79.5 cm³/mol. The Morgan fingerprint density at radius 2 is 1.95 bits per heavy atom. The number of nitriles is 1. The monoisotopic (exact) mass is 322 g/mol. The van der Waals surface area contributed by atoms with E-state index in [9.17, 15) is 18.1 Å². The number of rotatable bonds is 3. The molecule has 0 bridgehead atoms. The van der Waals surface area contributed by atoms with Gasteiger partial charge in [-0.2, -0.15) is 5.26 Å². The minimum atomic E-state index is -3.56. The molecule has 0 unspecified atom stereocenters. The van der Waals surface area contributed by atoms with Crippen LogP contribution in [0.4, 0.5) is 4.39 Å². The van der Waals surface area contributed by atoms with Gasteiger partial charge in [0.1, 0.15) is 16.5 Å². The highest BCUT2D eigenvalue weighted by molar-refractivity contribution is 7.91. The molecule has 0 amide bonds. The molecule has 0 aliphatic carbocycles. The standard InChI is InChI=1S/C14H11FN2O2S2/c1-2-21(18,19)12-8-17-14(20)11(7-16)13(12)9-3-5-10(15)6-4-9/h3-6,8H,2H2,1H3,(H,17,20). The SMILES string of the molecule is CCS(=O)(=O)c1c[nH]c(=S)c(C#N)c1-c1ccc(F)cc1. The normalized spacial score (nSPS) is 11.1. The van der Waals surface area contributed by atoms with Gasteiger partial charge in [0.2, 0.25) is 0 Å². The van der Waals surface area contributed by atoms with E-state index in [1.54, 1.807) is 0 Å². The molecule has 1 aromatic heterocycles. The van der Waals surface area contributed by atoms with Gasteiger partial charge in [-0.05, 0) is 17.7 Å². The number of H-pyrrole nitrogens is 1. The lowest BCUT2D eigenvalue weighted by molar-refractivity contribution is 0.597. The van der Waals surface area contributed by atoms with Crippen LogP contribution in [0.3, 0.4) is 0 Å². The Hall–Kier alpha value is -2.04. The third-order valence-electron chi connectivity index (χ3n) is 3.02. The summed E-state index contributed by atoms with van der Waals surface area (Å²) in [6, 6.07) is 7.18. The molecule has 7 heteroatoms. The highest BCUT2D eigenvalue weighted by atomic mass is 32.2. The number of nitrogens with zero attached hydrogens (tertiary/aromatic N) is 1. The van der Waals surface area contributed by atoms with Crippen LogP contribution in [0.15, 0.2) is 35.4 Å². The first-order chi connectivity index (χ1) is 9.90. The topological polar surface area (TPSA) is 73.7 Å². The van der Waals surface area contributed by atoms with Crippen molar-refractivity contribution in [1.29, 1.82) is 5.26 Å². The number of pyridine rings is 1. The number of sulfone groups is 1. The summed E-state index contributed by atoms with van der Waals surface area (Å²) >= 11 is 5.04. The Kier molecular flexibility index (Phi) is 4.21. The molecule has 1 heterocycles. The maximum Gasteiger partial charge on any atom is 0.180 e. The molecule has 0 atom stereocenters. The quantitative estimate of drug-likeness (QED) is 0.881. The number of hydrogen-bond acceptors (Lipinski definition) is 4. The molecule has 4 nitrogen and oxygen atoms in total. The van der Waals surface area contributed by atoms with E-state index >= 15 is 0 Å². The van der Waals surface area contributed by atoms with Crippen molar-refractivity contribution in [2.75, 3.05) is 5.75 Å². The van der Waals surface area contributed by atoms with Crippen molar-refractivity contribution in [3.8, 4) is 17.2 Å². The van der Waals surface area contributed by atoms with Crippen molar-refractivity contribution in [2.24, 2.45) is 0 Å². The molecule has 1 aromatic carbocycles. The van der Waals surface area contributed by atoms with E-state index < -0.39 is 15.7 Å². The fourth-order valence-electron chi connectivity index (χ4n) is 1.92. The van der Waals surface area contributed by atoms with E-state index in [-0.39, 0.29) is 26.4 Å². The summed E-state index contributed by atoms with van der Waals surface area (Å²) in [6.45, 7) is 1.51. The van der Waals surface area contributed by atoms with Gasteiger partial charge in [-0.1, -0.05) is 31.3 Å². The van der Waals surface area contributed by atoms with Crippen molar-refractivity contribution in [3.63, 3.8) is 0 Å². The first-order valence-corrected chi connectivity index (χ1v) is 8.11. The average Bonchev–Trinajstić information content (AvgIpc) is 2.47. The Balaban J connectivity index is 2.91. The van der Waals surface area contributed by atoms with Gasteiger partial charge < -0.3 is 4.98 Å². The lowest BCUT2D eigenvalue weighted by Crippen LogP contribution is -2.08. The third kappa shape index (κ3) is 2.86. The highest BCUT2D eigenvalue weighted by Crippen LogP contribution is 2.31. The lowest BCUT2D eigenvalue weighted by Gasteiger charge is -2.11. The van der Waals surface area contributed by atoms with Gasteiger partial charge in [-0.3, -0.25) is 0 Å². The molecule has 108 valence electrons. The number of hydrogen-bond donors (Lipinski definition) is 1. The van der Waals surface area contributed by atoms with Crippen LogP contribution in [0, 0.1) is 21.8 Å². The Labute approximate surface area is 126 Å². The Morgan fingerprint density at radius 3 is 2.48 bits per heavy atom. The van der Waals surface area contributed by atoms with Crippen LogP contribution in [-0.2, 0) is 9.84 Å². The maximum atomic E-state index is 13.1. The molecular weight excluding hydrogens is 311 g/mol. The van der Waals surface area contributed by atoms with Gasteiger partial charge >= 0.3 is 0 Å². The van der Waals surface area contributed by atoms with Crippen LogP contribution in [0.1, 0.15) is 12.5 Å². The van der Waals surface area contributed by atoms with Crippen LogP contribution in [0.25, 0.3) is 11.1 Å². The van der Waals surface area contributed by atoms with E-state index in [2.05, 4.69) is 4.98 Å². The van der Waals surface area contributed by atoms with Gasteiger partial charge in [0, 0.05) is 11.8 Å². The zero-order chi connectivity index (χ0) is 15.6. The maximum absolute atomic E-state index is 13.1. The molecule has 2 rings (SSSR count). The molecule has 0 aliphatic rings. The number of aromatic nitrogens is 1. The van der Waals surface area contributed by atoms with Gasteiger partial charge in [0.05, 0.1) is 16.2 Å². The van der Waals surface area contributed by atoms with E-state index in [4.69, 9.17) is 12.2 Å². The molecule has 0 spiro atoms. The fraction of sp³-hybridized carbons (Fsp3) is 0.143. The van der Waals surface area contributed by atoms with E-state index in [0.29, 0.717) is 5.56 Å². The summed E-state index contributed by atoms with van der Waals surface area (Å²) in [7, 11) is -3.56. The van der Waals surface area contributed by atoms with E-state index in [1.165, 1.54) is 37.4 Å². The minimum absolute atomic E-state index is 0.0123. The van der Waals surface area contributed by atoms with Crippen molar-refractivity contribution >= 4 is 22.1 Å². The van der Waals surface area contributed by atoms with Crippen LogP contribution in [-0.4, -0.2) is 19.2 Å². The number of halogens is 1. The molecule has 0 saturated carbocycles. The molecule has 21 heavy (non-hydrogen) atoms. The summed E-state index contributed by atoms with van der Waals surface area (Å²) in [6.07, 6.45) is 1.28. The molecule has 0 radical (unpaired) electrons. The van der Waals surface area contributed by atoms with E-state index in [1.807, 2.05) is 6.07 Å². The second kappa shape index (κ2) is 5.76. The number of benzene rings is 1. The third-order valence-corrected chi connectivity index (χ3v) is 5.09. The largest absolute Gasteiger partial charge is 0.350 e. The second-order valence-corrected chi connectivity index (χ2v) is 6.91.